The number of fused-ring (bicyclic) bond motifs is 3. The molecule has 0 spiro atoms. The molecule has 0 radical (unpaired) electrons. The molecule has 352 valence electrons. The average Bonchev–Trinajstić information content (AvgIpc) is 3.90. The first-order valence-corrected chi connectivity index (χ1v) is 23.7. The number of hydrogen-bond donors (Lipinski definition) is 0. The summed E-state index contributed by atoms with van der Waals surface area (Å²) in [5.41, 5.74) is 11.4. The van der Waals surface area contributed by atoms with Crippen LogP contribution in [0.3, 0.4) is 0 Å². The minimum Gasteiger partial charge on any atom is -0.509 e. The molecular weight excluding hydrogens is 1010 g/mol. The molecule has 5 nitrogen and oxygen atoms in total. The molecule has 9 rings (SSSR count). The van der Waals surface area contributed by atoms with Crippen molar-refractivity contribution in [3.63, 3.8) is 0 Å². The molecular formula is C62H65N4OPt-3. The number of aromatic nitrogens is 2. The predicted molar refractivity (Wildman–Crippen MR) is 281 cm³/mol. The number of rotatable bonds is 9. The van der Waals surface area contributed by atoms with Gasteiger partial charge >= 0.3 is 0 Å². The van der Waals surface area contributed by atoms with Crippen LogP contribution in [0.4, 0.5) is 11.4 Å². The third-order valence-corrected chi connectivity index (χ3v) is 13.7. The van der Waals surface area contributed by atoms with Gasteiger partial charge in [0.1, 0.15) is 5.82 Å². The Morgan fingerprint density at radius 2 is 1.13 bits per heavy atom. The topological polar surface area (TPSA) is 33.5 Å². The first-order chi connectivity index (χ1) is 31.6. The van der Waals surface area contributed by atoms with E-state index >= 15 is 0 Å². The zero-order valence-corrected chi connectivity index (χ0v) is 44.3. The van der Waals surface area contributed by atoms with Crippen LogP contribution < -0.4 is 14.5 Å². The third kappa shape index (κ3) is 9.19. The normalized spacial score (nSPS) is 13.8. The maximum absolute atomic E-state index is 7.16. The van der Waals surface area contributed by atoms with Crippen LogP contribution in [-0.2, 0) is 42.7 Å². The molecule has 2 aromatic heterocycles. The Labute approximate surface area is 420 Å². The average molecular weight is 1080 g/mol. The van der Waals surface area contributed by atoms with Crippen molar-refractivity contribution in [1.29, 1.82) is 0 Å². The third-order valence-electron chi connectivity index (χ3n) is 13.7. The van der Waals surface area contributed by atoms with Crippen LogP contribution in [0.5, 0.6) is 11.5 Å². The number of pyridine rings is 1. The molecule has 1 aliphatic heterocycles. The summed E-state index contributed by atoms with van der Waals surface area (Å²) in [6.07, 6.45) is 4.19. The number of benzene rings is 6. The Morgan fingerprint density at radius 3 is 1.78 bits per heavy atom. The van der Waals surface area contributed by atoms with Crippen molar-refractivity contribution >= 4 is 33.2 Å². The van der Waals surface area contributed by atoms with Gasteiger partial charge in [-0.05, 0) is 80.4 Å². The number of hydrogen-bond acceptors (Lipinski definition) is 4. The van der Waals surface area contributed by atoms with Crippen molar-refractivity contribution in [3.8, 4) is 17.3 Å². The Balaban J connectivity index is 0.00000625. The van der Waals surface area contributed by atoms with Gasteiger partial charge in [0.2, 0.25) is 0 Å². The van der Waals surface area contributed by atoms with Crippen LogP contribution in [0.25, 0.3) is 27.6 Å². The zero-order chi connectivity index (χ0) is 47.7. The van der Waals surface area contributed by atoms with Gasteiger partial charge in [-0.3, -0.25) is 0 Å². The van der Waals surface area contributed by atoms with Crippen molar-refractivity contribution in [2.24, 2.45) is 5.41 Å². The summed E-state index contributed by atoms with van der Waals surface area (Å²) < 4.78 is 9.43. The number of nitrogens with zero attached hydrogens (tertiary/aromatic N) is 4. The zero-order valence-electron chi connectivity index (χ0n) is 42.0. The number of anilines is 2. The minimum atomic E-state index is -0.416. The summed E-state index contributed by atoms with van der Waals surface area (Å²) in [6, 6.07) is 57.6. The fourth-order valence-corrected chi connectivity index (χ4v) is 9.44. The molecule has 8 aromatic rings. The van der Waals surface area contributed by atoms with E-state index in [1.165, 1.54) is 28.0 Å². The molecule has 3 heterocycles. The Morgan fingerprint density at radius 1 is 0.529 bits per heavy atom. The quantitative estimate of drug-likeness (QED) is 0.135. The Hall–Kier alpha value is -5.90. The van der Waals surface area contributed by atoms with Gasteiger partial charge in [0, 0.05) is 66.5 Å². The van der Waals surface area contributed by atoms with Gasteiger partial charge in [-0.25, -0.2) is 4.98 Å². The van der Waals surface area contributed by atoms with E-state index in [0.29, 0.717) is 11.5 Å². The van der Waals surface area contributed by atoms with Crippen LogP contribution in [0.15, 0.2) is 158 Å². The SMILES string of the molecule is CC(C)(C)C1=CN(c2[c-]c(Oc3[c-]c4c(c(C(C)(C)c5ccccc5)c3)c3ccccc3n4-c3cc(C(C)(C)c4ccccc4)ccn3)cc(C(C)(C)C)c2)[CH-]N1c1cccc(C(C)(C)C)c1.[Pt]. The number of ether oxygens (including phenoxy) is 1. The number of para-hydroxylation sites is 1. The second kappa shape index (κ2) is 17.9. The first-order valence-electron chi connectivity index (χ1n) is 23.7. The molecule has 0 bridgehead atoms. The van der Waals surface area contributed by atoms with E-state index in [0.717, 1.165) is 50.1 Å². The van der Waals surface area contributed by atoms with Gasteiger partial charge in [0.15, 0.2) is 0 Å². The van der Waals surface area contributed by atoms with Crippen molar-refractivity contribution < 1.29 is 25.8 Å². The van der Waals surface area contributed by atoms with E-state index in [1.54, 1.807) is 0 Å². The molecule has 6 aromatic carbocycles. The maximum atomic E-state index is 7.16. The smallest absolute Gasteiger partial charge is 0.135 e. The largest absolute Gasteiger partial charge is 0.509 e. The molecule has 0 fully saturated rings. The Kier molecular flexibility index (Phi) is 12.8. The summed E-state index contributed by atoms with van der Waals surface area (Å²) in [5, 5.41) is 2.27. The van der Waals surface area contributed by atoms with E-state index in [2.05, 4.69) is 269 Å². The summed E-state index contributed by atoms with van der Waals surface area (Å²) in [4.78, 5) is 9.63. The van der Waals surface area contributed by atoms with Crippen LogP contribution in [0, 0.1) is 24.2 Å². The maximum Gasteiger partial charge on any atom is 0.135 e. The number of allylic oxidation sites excluding steroid dienone is 1. The van der Waals surface area contributed by atoms with Gasteiger partial charge in [-0.15, -0.1) is 53.8 Å². The molecule has 0 amide bonds. The van der Waals surface area contributed by atoms with Crippen LogP contribution >= 0.6 is 0 Å². The van der Waals surface area contributed by atoms with E-state index in [1.807, 2.05) is 6.20 Å². The monoisotopic (exact) mass is 1080 g/mol. The second-order valence-electron chi connectivity index (χ2n) is 22.4. The molecule has 0 N–H and O–H groups in total. The van der Waals surface area contributed by atoms with Crippen molar-refractivity contribution in [3.05, 3.63) is 210 Å². The molecule has 6 heteroatoms. The van der Waals surface area contributed by atoms with Gasteiger partial charge in [0.25, 0.3) is 0 Å². The first kappa shape index (κ1) is 48.6. The van der Waals surface area contributed by atoms with E-state index in [9.17, 15) is 0 Å². The predicted octanol–water partition coefficient (Wildman–Crippen LogP) is 16.1. The fourth-order valence-electron chi connectivity index (χ4n) is 9.44. The molecule has 0 saturated carbocycles. The Bertz CT molecular complexity index is 3140. The van der Waals surface area contributed by atoms with Gasteiger partial charge < -0.3 is 19.1 Å². The summed E-state index contributed by atoms with van der Waals surface area (Å²) >= 11 is 0. The standard InChI is InChI=1S/C62H65N4O.Pt/c1-58(2,3)44-27-22-28-47(33-44)65-41-64(40-55(65)60(7,8)9)48-34-46(59(4,5)6)35-49(37-48)67-50-38-52(62(12,13)43-25-18-15-19-26-43)57-51-29-20-21-30-53(51)66(54(57)39-50)56-36-45(31-32-63-56)61(10,11)42-23-16-14-17-24-42;/h14-36,38,40-41H,1-13H3;/q-3;. The molecule has 0 atom stereocenters. The van der Waals surface area contributed by atoms with E-state index in [-0.39, 0.29) is 42.7 Å². The molecule has 68 heavy (non-hydrogen) atoms. The van der Waals surface area contributed by atoms with Crippen molar-refractivity contribution in [2.45, 2.75) is 112 Å². The van der Waals surface area contributed by atoms with Crippen LogP contribution in [-0.4, -0.2) is 9.55 Å². The van der Waals surface area contributed by atoms with Gasteiger partial charge in [0.05, 0.1) is 0 Å². The van der Waals surface area contributed by atoms with Crippen LogP contribution in [0.2, 0.25) is 0 Å². The van der Waals surface area contributed by atoms with Crippen LogP contribution in [0.1, 0.15) is 123 Å². The summed E-state index contributed by atoms with van der Waals surface area (Å²) in [5.74, 6) is 2.07. The van der Waals surface area contributed by atoms with Crippen molar-refractivity contribution in [1.82, 2.24) is 9.55 Å². The van der Waals surface area contributed by atoms with Gasteiger partial charge in [-0.1, -0.05) is 192 Å². The summed E-state index contributed by atoms with van der Waals surface area (Å²) in [7, 11) is 0. The van der Waals surface area contributed by atoms with E-state index < -0.39 is 5.41 Å². The van der Waals surface area contributed by atoms with Gasteiger partial charge in [-0.2, -0.15) is 0 Å². The molecule has 1 aliphatic rings. The van der Waals surface area contributed by atoms with E-state index in [4.69, 9.17) is 9.72 Å². The molecule has 0 aliphatic carbocycles. The second-order valence-corrected chi connectivity index (χ2v) is 22.4. The minimum absolute atomic E-state index is 0. The molecule has 0 saturated heterocycles. The van der Waals surface area contributed by atoms with Crippen molar-refractivity contribution in [2.75, 3.05) is 9.80 Å². The fraction of sp³-hybridized carbons (Fsp3) is 0.290. The summed E-state index contributed by atoms with van der Waals surface area (Å²) in [6.45, 7) is 31.8. The molecule has 0 unspecified atom stereocenters.